The van der Waals surface area contributed by atoms with Gasteiger partial charge in [-0.1, -0.05) is 24.3 Å². The fraction of sp³-hybridized carbons (Fsp3) is 0.192. The topological polar surface area (TPSA) is 76.6 Å². The Morgan fingerprint density at radius 1 is 1.00 bits per heavy atom. The maximum atomic E-state index is 11.6. The molecule has 0 bridgehead atoms. The molecule has 0 radical (unpaired) electrons. The Morgan fingerprint density at radius 3 is 2.55 bits per heavy atom. The van der Waals surface area contributed by atoms with Crippen molar-refractivity contribution in [1.29, 1.82) is 0 Å². The van der Waals surface area contributed by atoms with Gasteiger partial charge in [-0.05, 0) is 67.7 Å². The zero-order valence-corrected chi connectivity index (χ0v) is 18.9. The number of nitrogens with one attached hydrogen (secondary N) is 1. The molecule has 0 saturated heterocycles. The van der Waals surface area contributed by atoms with E-state index in [0.29, 0.717) is 12.2 Å². The number of ether oxygens (including phenoxy) is 2. The number of esters is 1. The molecule has 1 N–H and O–H groups in total. The number of carbonyl (C=O) groups is 1. The van der Waals surface area contributed by atoms with E-state index in [1.54, 1.807) is 18.5 Å². The molecule has 1 heterocycles. The van der Waals surface area contributed by atoms with Crippen molar-refractivity contribution in [1.82, 2.24) is 14.9 Å². The van der Waals surface area contributed by atoms with E-state index in [-0.39, 0.29) is 5.97 Å². The summed E-state index contributed by atoms with van der Waals surface area (Å²) in [5.41, 5.74) is 4.42. The first-order valence-electron chi connectivity index (χ1n) is 10.6. The van der Waals surface area contributed by atoms with Crippen molar-refractivity contribution in [3.05, 3.63) is 89.7 Å². The third-order valence-electron chi connectivity index (χ3n) is 5.14. The van der Waals surface area contributed by atoms with Crippen molar-refractivity contribution in [2.75, 3.05) is 26.5 Å². The van der Waals surface area contributed by atoms with Gasteiger partial charge in [0.1, 0.15) is 24.5 Å². The van der Waals surface area contributed by atoms with Crippen molar-refractivity contribution < 1.29 is 14.3 Å². The number of nitrogens with zero attached hydrogens (tertiary/aromatic N) is 3. The molecule has 0 fully saturated rings. The van der Waals surface area contributed by atoms with Gasteiger partial charge in [-0.2, -0.15) is 0 Å². The second-order valence-corrected chi connectivity index (χ2v) is 7.90. The van der Waals surface area contributed by atoms with E-state index in [2.05, 4.69) is 20.2 Å². The van der Waals surface area contributed by atoms with E-state index in [9.17, 15) is 4.79 Å². The highest BCUT2D eigenvalue weighted by Crippen LogP contribution is 2.29. The summed E-state index contributed by atoms with van der Waals surface area (Å²) >= 11 is 0. The molecule has 0 amide bonds. The van der Waals surface area contributed by atoms with E-state index in [0.717, 1.165) is 45.8 Å². The van der Waals surface area contributed by atoms with Crippen molar-refractivity contribution >= 4 is 28.4 Å². The van der Waals surface area contributed by atoms with Crippen LogP contribution in [0.1, 0.15) is 21.5 Å². The molecule has 3 aromatic carbocycles. The highest BCUT2D eigenvalue weighted by Gasteiger charge is 2.10. The molecular weight excluding hydrogens is 416 g/mol. The van der Waals surface area contributed by atoms with Crippen molar-refractivity contribution in [2.24, 2.45) is 0 Å². The van der Waals surface area contributed by atoms with Gasteiger partial charge in [-0.25, -0.2) is 14.8 Å². The Morgan fingerprint density at radius 2 is 1.79 bits per heavy atom. The predicted octanol–water partition coefficient (Wildman–Crippen LogP) is 4.80. The first kappa shape index (κ1) is 22.2. The van der Waals surface area contributed by atoms with Crippen LogP contribution in [0.3, 0.4) is 0 Å². The second kappa shape index (κ2) is 10.1. The maximum absolute atomic E-state index is 11.6. The Bertz CT molecular complexity index is 1250. The van der Waals surface area contributed by atoms with Crippen LogP contribution in [0.2, 0.25) is 0 Å². The van der Waals surface area contributed by atoms with Crippen LogP contribution < -0.4 is 10.1 Å². The lowest BCUT2D eigenvalue weighted by Crippen LogP contribution is -2.12. The van der Waals surface area contributed by atoms with Crippen LogP contribution in [0, 0.1) is 0 Å². The van der Waals surface area contributed by atoms with Gasteiger partial charge in [0, 0.05) is 17.6 Å². The lowest BCUT2D eigenvalue weighted by Gasteiger charge is -2.18. The molecule has 0 saturated carbocycles. The minimum Gasteiger partial charge on any atom is -0.489 e. The lowest BCUT2D eigenvalue weighted by molar-refractivity contribution is 0.0600. The summed E-state index contributed by atoms with van der Waals surface area (Å²) in [6.45, 7) is 1.13. The van der Waals surface area contributed by atoms with E-state index >= 15 is 0 Å². The number of rotatable bonds is 8. The Hall–Kier alpha value is -3.97. The third kappa shape index (κ3) is 5.45. The molecule has 0 aliphatic rings. The normalized spacial score (nSPS) is 10.9. The summed E-state index contributed by atoms with van der Waals surface area (Å²) in [4.78, 5) is 22.5. The van der Waals surface area contributed by atoms with Gasteiger partial charge in [0.15, 0.2) is 0 Å². The number of anilines is 2. The summed E-state index contributed by atoms with van der Waals surface area (Å²) in [6, 6.07) is 21.1. The first-order chi connectivity index (χ1) is 16.0. The molecular formula is C26H26N4O3. The fourth-order valence-electron chi connectivity index (χ4n) is 3.51. The molecule has 0 aliphatic carbocycles. The second-order valence-electron chi connectivity index (χ2n) is 7.90. The van der Waals surface area contributed by atoms with Crippen molar-refractivity contribution in [2.45, 2.75) is 13.2 Å². The molecule has 0 atom stereocenters. The Balaban J connectivity index is 1.53. The quantitative estimate of drug-likeness (QED) is 0.393. The lowest BCUT2D eigenvalue weighted by atomic mass is 10.1. The zero-order valence-electron chi connectivity index (χ0n) is 18.9. The largest absolute Gasteiger partial charge is 0.489 e. The van der Waals surface area contributed by atoms with Gasteiger partial charge in [-0.3, -0.25) is 0 Å². The molecule has 1 aromatic heterocycles. The maximum Gasteiger partial charge on any atom is 0.337 e. The van der Waals surface area contributed by atoms with Gasteiger partial charge in [0.2, 0.25) is 0 Å². The molecule has 0 unspecified atom stereocenters. The zero-order chi connectivity index (χ0) is 23.2. The predicted molar refractivity (Wildman–Crippen MR) is 129 cm³/mol. The van der Waals surface area contributed by atoms with Gasteiger partial charge in [0.25, 0.3) is 0 Å². The third-order valence-corrected chi connectivity index (χ3v) is 5.14. The van der Waals surface area contributed by atoms with Crippen LogP contribution in [0.5, 0.6) is 5.75 Å². The number of hydrogen-bond acceptors (Lipinski definition) is 7. The highest BCUT2D eigenvalue weighted by atomic mass is 16.5. The van der Waals surface area contributed by atoms with Gasteiger partial charge < -0.3 is 19.7 Å². The minimum absolute atomic E-state index is 0.352. The highest BCUT2D eigenvalue weighted by molar-refractivity contribution is 5.91. The van der Waals surface area contributed by atoms with Crippen LogP contribution >= 0.6 is 0 Å². The van der Waals surface area contributed by atoms with Gasteiger partial charge in [0.05, 0.1) is 18.2 Å². The summed E-state index contributed by atoms with van der Waals surface area (Å²) in [5.74, 6) is 1.18. The van der Waals surface area contributed by atoms with Crippen molar-refractivity contribution in [3.8, 4) is 5.75 Å². The molecule has 168 valence electrons. The number of benzene rings is 3. The summed E-state index contributed by atoms with van der Waals surface area (Å²) in [5, 5.41) is 4.43. The minimum atomic E-state index is -0.352. The van der Waals surface area contributed by atoms with Crippen molar-refractivity contribution in [3.63, 3.8) is 0 Å². The van der Waals surface area contributed by atoms with Gasteiger partial charge in [-0.15, -0.1) is 0 Å². The number of para-hydroxylation sites is 1. The molecule has 4 rings (SSSR count). The van der Waals surface area contributed by atoms with Crippen LogP contribution in [-0.4, -0.2) is 42.0 Å². The van der Waals surface area contributed by atoms with Crippen LogP contribution in [0.25, 0.3) is 10.9 Å². The molecule has 0 spiro atoms. The average molecular weight is 443 g/mol. The van der Waals surface area contributed by atoms with E-state index in [4.69, 9.17) is 9.47 Å². The van der Waals surface area contributed by atoms with Crippen LogP contribution in [0.4, 0.5) is 11.5 Å². The number of aromatic nitrogens is 2. The summed E-state index contributed by atoms with van der Waals surface area (Å²) < 4.78 is 10.8. The van der Waals surface area contributed by atoms with E-state index < -0.39 is 0 Å². The summed E-state index contributed by atoms with van der Waals surface area (Å²) in [6.07, 6.45) is 1.57. The average Bonchev–Trinajstić information content (AvgIpc) is 2.84. The molecule has 7 nitrogen and oxygen atoms in total. The first-order valence-corrected chi connectivity index (χ1v) is 10.6. The number of carbonyl (C=O) groups excluding carboxylic acids is 1. The van der Waals surface area contributed by atoms with Gasteiger partial charge >= 0.3 is 5.97 Å². The Labute approximate surface area is 193 Å². The monoisotopic (exact) mass is 442 g/mol. The number of fused-ring (bicyclic) bond motifs is 1. The SMILES string of the molecule is COC(=O)c1ccc(COc2ccc(Nc3ncnc4ccccc34)c(CN(C)C)c2)cc1. The summed E-state index contributed by atoms with van der Waals surface area (Å²) in [7, 11) is 5.43. The molecule has 4 aromatic rings. The fourth-order valence-corrected chi connectivity index (χ4v) is 3.51. The number of methoxy groups -OCH3 is 1. The molecule has 33 heavy (non-hydrogen) atoms. The van der Waals surface area contributed by atoms with E-state index in [1.807, 2.05) is 68.7 Å². The molecule has 7 heteroatoms. The smallest absolute Gasteiger partial charge is 0.337 e. The van der Waals surface area contributed by atoms with Crippen LogP contribution in [0.15, 0.2) is 73.1 Å². The number of hydrogen-bond donors (Lipinski definition) is 1. The van der Waals surface area contributed by atoms with Crippen LogP contribution in [-0.2, 0) is 17.9 Å². The Kier molecular flexibility index (Phi) is 6.80. The standard InChI is InChI=1S/C26H26N4O3/c1-30(2)15-20-14-21(33-16-18-8-10-19(11-9-18)26(31)32-3)12-13-23(20)29-25-22-6-4-5-7-24(22)27-17-28-25/h4-14,17H,15-16H2,1-3H3,(H,27,28,29). The van der Waals surface area contributed by atoms with E-state index in [1.165, 1.54) is 7.11 Å². The molecule has 0 aliphatic heterocycles.